The van der Waals surface area contributed by atoms with E-state index in [9.17, 15) is 14.7 Å². The monoisotopic (exact) mass is 596 g/mol. The lowest BCUT2D eigenvalue weighted by Gasteiger charge is -2.63. The van der Waals surface area contributed by atoms with Gasteiger partial charge in [0.2, 0.25) is 0 Å². The van der Waals surface area contributed by atoms with E-state index in [1.54, 1.807) is 13.8 Å². The second-order valence-corrected chi connectivity index (χ2v) is 13.7. The maximum absolute atomic E-state index is 14.1. The topological polar surface area (TPSA) is 107 Å². The van der Waals surface area contributed by atoms with Gasteiger partial charge < -0.3 is 29.4 Å². The van der Waals surface area contributed by atoms with Gasteiger partial charge in [0.25, 0.3) is 5.91 Å². The van der Waals surface area contributed by atoms with Gasteiger partial charge in [0, 0.05) is 24.6 Å². The molecule has 236 valence electrons. The third-order valence-corrected chi connectivity index (χ3v) is 10.4. The lowest BCUT2D eigenvalue weighted by atomic mass is 9.49. The van der Waals surface area contributed by atoms with Crippen LogP contribution in [0.5, 0.6) is 11.5 Å². The number of unbranched alkanes of at least 4 members (excludes halogenated alkanes) is 2. The molecule has 1 amide bonds. The predicted molar refractivity (Wildman–Crippen MR) is 161 cm³/mol. The molecule has 5 aliphatic rings. The average molecular weight is 597 g/mol. The summed E-state index contributed by atoms with van der Waals surface area (Å²) in [6, 6.07) is 3.99. The number of nitrogens with one attached hydrogen (secondary N) is 1. The van der Waals surface area contributed by atoms with Crippen molar-refractivity contribution < 1.29 is 33.6 Å². The van der Waals surface area contributed by atoms with Gasteiger partial charge in [-0.2, -0.15) is 0 Å². The van der Waals surface area contributed by atoms with Crippen molar-refractivity contribution in [1.29, 1.82) is 0 Å². The van der Waals surface area contributed by atoms with Gasteiger partial charge in [-0.3, -0.25) is 9.69 Å². The molecule has 9 heteroatoms. The van der Waals surface area contributed by atoms with E-state index in [0.717, 1.165) is 44.3 Å². The van der Waals surface area contributed by atoms with Gasteiger partial charge in [0.05, 0.1) is 36.9 Å². The van der Waals surface area contributed by atoms with E-state index in [4.69, 9.17) is 18.9 Å². The van der Waals surface area contributed by atoms with Crippen molar-refractivity contribution in [3.63, 3.8) is 0 Å². The molecule has 1 saturated heterocycles. The molecular formula is C34H48N2O7. The highest BCUT2D eigenvalue weighted by Crippen LogP contribution is 2.66. The Kier molecular flexibility index (Phi) is 7.95. The van der Waals surface area contributed by atoms with Crippen LogP contribution < -0.4 is 14.8 Å². The number of hydrogen-bond donors (Lipinski definition) is 2. The molecule has 6 rings (SSSR count). The van der Waals surface area contributed by atoms with E-state index in [1.807, 2.05) is 6.07 Å². The molecule has 2 aliphatic heterocycles. The van der Waals surface area contributed by atoms with E-state index >= 15 is 0 Å². The molecule has 1 aromatic carbocycles. The maximum atomic E-state index is 14.1. The number of carbonyl (C=O) groups is 2. The van der Waals surface area contributed by atoms with Crippen LogP contribution in [-0.4, -0.2) is 78.6 Å². The fraction of sp³-hybridized carbons (Fsp3) is 0.706. The van der Waals surface area contributed by atoms with E-state index < -0.39 is 34.5 Å². The molecule has 2 bridgehead atoms. The van der Waals surface area contributed by atoms with Crippen molar-refractivity contribution >= 4 is 11.9 Å². The summed E-state index contributed by atoms with van der Waals surface area (Å²) >= 11 is 0. The van der Waals surface area contributed by atoms with Gasteiger partial charge in [0.1, 0.15) is 11.3 Å². The number of hydrogen-bond acceptors (Lipinski definition) is 8. The van der Waals surface area contributed by atoms with Gasteiger partial charge in [-0.1, -0.05) is 32.8 Å². The van der Waals surface area contributed by atoms with Crippen molar-refractivity contribution in [2.24, 2.45) is 5.92 Å². The summed E-state index contributed by atoms with van der Waals surface area (Å²) in [5.74, 6) is 1.50. The standard InChI is InChI=1S/C34H48N2O7/c1-6-8-16-41-24-13-12-22-18-25-34(39)19-23(30(37)35-32(3,4)31(38)40-5)27(42-17-9-7-2)29-33(34,26(22)28(24)43-29)14-15-36(25)20-21-10-11-21/h12-13,21,25,29,39H,6-11,14-20H2,1-5H3,(H,35,37)/t25-,29+,33+,34-/m1/s1. The zero-order chi connectivity index (χ0) is 30.6. The molecule has 1 aromatic rings. The largest absolute Gasteiger partial charge is 0.493 e. The molecule has 2 fully saturated rings. The van der Waals surface area contributed by atoms with Crippen LogP contribution in [0.2, 0.25) is 0 Å². The first kappa shape index (κ1) is 30.3. The fourth-order valence-electron chi connectivity index (χ4n) is 7.93. The summed E-state index contributed by atoms with van der Waals surface area (Å²) in [6.45, 7) is 10.3. The van der Waals surface area contributed by atoms with Gasteiger partial charge in [-0.05, 0) is 76.5 Å². The minimum absolute atomic E-state index is 0.114. The summed E-state index contributed by atoms with van der Waals surface area (Å²) < 4.78 is 24.6. The highest BCUT2D eigenvalue weighted by atomic mass is 16.6. The number of benzene rings is 1. The van der Waals surface area contributed by atoms with Crippen LogP contribution in [0.15, 0.2) is 23.5 Å². The summed E-state index contributed by atoms with van der Waals surface area (Å²) in [4.78, 5) is 29.1. The van der Waals surface area contributed by atoms with E-state index in [2.05, 4.69) is 30.1 Å². The Balaban J connectivity index is 1.49. The fourth-order valence-corrected chi connectivity index (χ4v) is 7.93. The molecule has 1 spiro atoms. The highest BCUT2D eigenvalue weighted by Gasteiger charge is 2.73. The van der Waals surface area contributed by atoms with Crippen LogP contribution in [0.1, 0.15) is 90.2 Å². The van der Waals surface area contributed by atoms with Crippen LogP contribution in [0.3, 0.4) is 0 Å². The van der Waals surface area contributed by atoms with Crippen molar-refractivity contribution in [3.05, 3.63) is 34.6 Å². The molecule has 9 nitrogen and oxygen atoms in total. The van der Waals surface area contributed by atoms with Crippen LogP contribution in [-0.2, 0) is 30.9 Å². The second-order valence-electron chi connectivity index (χ2n) is 13.7. The molecule has 2 heterocycles. The maximum Gasteiger partial charge on any atom is 0.330 e. The first-order valence-electron chi connectivity index (χ1n) is 16.3. The predicted octanol–water partition coefficient (Wildman–Crippen LogP) is 4.18. The van der Waals surface area contributed by atoms with Crippen molar-refractivity contribution in [1.82, 2.24) is 10.2 Å². The summed E-state index contributed by atoms with van der Waals surface area (Å²) in [6.07, 6.45) is 6.95. The summed E-state index contributed by atoms with van der Waals surface area (Å²) in [5, 5.41) is 16.0. The van der Waals surface area contributed by atoms with Gasteiger partial charge in [0.15, 0.2) is 17.6 Å². The number of likely N-dealkylation sites (tertiary alicyclic amines) is 1. The zero-order valence-electron chi connectivity index (χ0n) is 26.4. The third-order valence-electron chi connectivity index (χ3n) is 10.4. The van der Waals surface area contributed by atoms with Crippen LogP contribution in [0.25, 0.3) is 0 Å². The minimum atomic E-state index is -1.27. The number of carbonyl (C=O) groups excluding carboxylic acids is 2. The Bertz CT molecular complexity index is 1300. The van der Waals surface area contributed by atoms with Crippen LogP contribution in [0, 0.1) is 5.92 Å². The second kappa shape index (κ2) is 11.3. The Labute approximate surface area is 255 Å². The number of piperidine rings is 1. The number of methoxy groups -OCH3 is 1. The zero-order valence-corrected chi connectivity index (χ0v) is 26.4. The average Bonchev–Trinajstić information content (AvgIpc) is 3.72. The molecule has 0 radical (unpaired) electrons. The first-order valence-corrected chi connectivity index (χ1v) is 16.3. The van der Waals surface area contributed by atoms with Crippen molar-refractivity contribution in [2.75, 3.05) is 33.4 Å². The molecule has 2 N–H and O–H groups in total. The third kappa shape index (κ3) is 4.82. The van der Waals surface area contributed by atoms with Gasteiger partial charge >= 0.3 is 5.97 Å². The molecular weight excluding hydrogens is 548 g/mol. The molecule has 0 unspecified atom stereocenters. The van der Waals surface area contributed by atoms with E-state index in [0.29, 0.717) is 54.8 Å². The minimum Gasteiger partial charge on any atom is -0.493 e. The number of rotatable bonds is 13. The number of amides is 1. The normalized spacial score (nSPS) is 29.1. The molecule has 4 atom stereocenters. The molecule has 43 heavy (non-hydrogen) atoms. The van der Waals surface area contributed by atoms with Gasteiger partial charge in [-0.25, -0.2) is 4.79 Å². The quantitative estimate of drug-likeness (QED) is 0.258. The van der Waals surface area contributed by atoms with Crippen LogP contribution >= 0.6 is 0 Å². The SMILES string of the molecule is CCCCOC1=C(C(=O)NC(C)(C)C(=O)OC)C[C@@]2(O)[C@H]3Cc4ccc(OCCCC)c5c4[C@@]2(CCN3CC2CC2)[C@H]1O5. The lowest BCUT2D eigenvalue weighted by Crippen LogP contribution is -2.76. The molecule has 3 aliphatic carbocycles. The van der Waals surface area contributed by atoms with Crippen molar-refractivity contribution in [3.8, 4) is 11.5 Å². The number of nitrogens with zero attached hydrogens (tertiary/aromatic N) is 1. The highest BCUT2D eigenvalue weighted by molar-refractivity contribution is 5.98. The number of ether oxygens (including phenoxy) is 4. The lowest BCUT2D eigenvalue weighted by molar-refractivity contribution is -0.174. The first-order chi connectivity index (χ1) is 20.6. The Morgan fingerprint density at radius 2 is 1.86 bits per heavy atom. The number of aliphatic hydroxyl groups is 1. The van der Waals surface area contributed by atoms with Crippen molar-refractivity contribution in [2.45, 2.75) is 114 Å². The Hall–Kier alpha value is -2.78. The van der Waals surface area contributed by atoms with E-state index in [1.165, 1.54) is 25.5 Å². The Morgan fingerprint density at radius 1 is 1.14 bits per heavy atom. The van der Waals surface area contributed by atoms with E-state index in [-0.39, 0.29) is 12.5 Å². The van der Waals surface area contributed by atoms with Gasteiger partial charge in [-0.15, -0.1) is 0 Å². The number of esters is 1. The Morgan fingerprint density at radius 3 is 2.53 bits per heavy atom. The van der Waals surface area contributed by atoms with Crippen LogP contribution in [0.4, 0.5) is 0 Å². The molecule has 1 saturated carbocycles. The summed E-state index contributed by atoms with van der Waals surface area (Å²) in [7, 11) is 1.31. The smallest absolute Gasteiger partial charge is 0.330 e. The summed E-state index contributed by atoms with van der Waals surface area (Å²) in [5.41, 5.74) is -0.748. The molecule has 0 aromatic heterocycles.